The zero-order valence-corrected chi connectivity index (χ0v) is 19.1. The Labute approximate surface area is 193 Å². The van der Waals surface area contributed by atoms with Gasteiger partial charge in [-0.25, -0.2) is 0 Å². The fraction of sp³-hybridized carbons (Fsp3) is 0.231. The molecule has 3 aromatic rings. The van der Waals surface area contributed by atoms with Gasteiger partial charge >= 0.3 is 0 Å². The Kier molecular flexibility index (Phi) is 7.24. The molecule has 0 unspecified atom stereocenters. The molecule has 0 saturated heterocycles. The lowest BCUT2D eigenvalue weighted by Crippen LogP contribution is -2.35. The zero-order chi connectivity index (χ0) is 22.3. The summed E-state index contributed by atoms with van der Waals surface area (Å²) in [7, 11) is 2.11. The number of nitrogens with one attached hydrogen (secondary N) is 1. The van der Waals surface area contributed by atoms with Crippen LogP contribution < -0.4 is 20.5 Å². The van der Waals surface area contributed by atoms with Gasteiger partial charge < -0.3 is 16.0 Å². The van der Waals surface area contributed by atoms with Crippen molar-refractivity contribution in [2.45, 2.75) is 24.3 Å². The second kappa shape index (κ2) is 10.5. The topological polar surface area (TPSA) is 62.2 Å². The zero-order valence-electron chi connectivity index (χ0n) is 18.3. The molecule has 1 aliphatic rings. The lowest BCUT2D eigenvalue weighted by atomic mass is 10.1. The highest BCUT2D eigenvalue weighted by Gasteiger charge is 2.20. The van der Waals surface area contributed by atoms with Gasteiger partial charge in [0.15, 0.2) is 6.20 Å². The van der Waals surface area contributed by atoms with Crippen molar-refractivity contribution >= 4 is 40.3 Å². The van der Waals surface area contributed by atoms with E-state index >= 15 is 0 Å². The SMILES string of the molecule is CN1/C(=C\C=C\c2cc[n+](CCCC(=O)NCCN)c3ccccc23)Sc2ccccc21. The van der Waals surface area contributed by atoms with Crippen molar-refractivity contribution in [2.24, 2.45) is 5.73 Å². The van der Waals surface area contributed by atoms with E-state index < -0.39 is 0 Å². The van der Waals surface area contributed by atoms with Gasteiger partial charge in [-0.15, -0.1) is 0 Å². The van der Waals surface area contributed by atoms with Gasteiger partial charge in [-0.05, 0) is 29.8 Å². The number of fused-ring (bicyclic) bond motifs is 2. The summed E-state index contributed by atoms with van der Waals surface area (Å²) >= 11 is 1.79. The highest BCUT2D eigenvalue weighted by molar-refractivity contribution is 8.03. The van der Waals surface area contributed by atoms with Gasteiger partial charge in [-0.3, -0.25) is 4.79 Å². The lowest BCUT2D eigenvalue weighted by Gasteiger charge is -2.12. The molecule has 0 radical (unpaired) electrons. The number of nitrogens with two attached hydrogens (primary N) is 1. The quantitative estimate of drug-likeness (QED) is 0.513. The Morgan fingerprint density at radius 3 is 2.81 bits per heavy atom. The third kappa shape index (κ3) is 5.03. The van der Waals surface area contributed by atoms with E-state index in [4.69, 9.17) is 5.73 Å². The second-order valence-corrected chi connectivity index (χ2v) is 8.78. The molecule has 0 aliphatic carbocycles. The van der Waals surface area contributed by atoms with Gasteiger partial charge in [0.2, 0.25) is 11.4 Å². The molecule has 0 bridgehead atoms. The number of thioether (sulfide) groups is 1. The molecule has 5 nitrogen and oxygen atoms in total. The number of anilines is 1. The fourth-order valence-corrected chi connectivity index (χ4v) is 4.92. The Balaban J connectivity index is 1.47. The Morgan fingerprint density at radius 2 is 1.97 bits per heavy atom. The second-order valence-electron chi connectivity index (χ2n) is 7.72. The number of allylic oxidation sites excluding steroid dienone is 2. The van der Waals surface area contributed by atoms with Crippen molar-refractivity contribution < 1.29 is 9.36 Å². The van der Waals surface area contributed by atoms with Crippen LogP contribution in [0.3, 0.4) is 0 Å². The first-order valence-corrected chi connectivity index (χ1v) is 11.8. The largest absolute Gasteiger partial charge is 0.355 e. The molecule has 2 heterocycles. The van der Waals surface area contributed by atoms with Crippen LogP contribution in [0.25, 0.3) is 17.0 Å². The van der Waals surface area contributed by atoms with Crippen molar-refractivity contribution in [3.63, 3.8) is 0 Å². The summed E-state index contributed by atoms with van der Waals surface area (Å²) in [6.45, 7) is 1.80. The van der Waals surface area contributed by atoms with Crippen LogP contribution in [0.2, 0.25) is 0 Å². The minimum Gasteiger partial charge on any atom is -0.355 e. The predicted molar refractivity (Wildman–Crippen MR) is 133 cm³/mol. The van der Waals surface area contributed by atoms with Crippen molar-refractivity contribution in [2.75, 3.05) is 25.0 Å². The van der Waals surface area contributed by atoms with Crippen LogP contribution in [0.1, 0.15) is 18.4 Å². The van der Waals surface area contributed by atoms with Gasteiger partial charge in [-0.1, -0.05) is 48.2 Å². The van der Waals surface area contributed by atoms with Gasteiger partial charge in [0, 0.05) is 50.0 Å². The average molecular weight is 446 g/mol. The highest BCUT2D eigenvalue weighted by Crippen LogP contribution is 2.44. The van der Waals surface area contributed by atoms with Crippen LogP contribution in [0, 0.1) is 0 Å². The number of amides is 1. The number of carbonyl (C=O) groups is 1. The van der Waals surface area contributed by atoms with Gasteiger partial charge in [-0.2, -0.15) is 4.57 Å². The molecule has 0 fully saturated rings. The molecule has 164 valence electrons. The minimum absolute atomic E-state index is 0.0600. The van der Waals surface area contributed by atoms with Gasteiger partial charge in [0.05, 0.1) is 16.1 Å². The normalized spacial score (nSPS) is 14.4. The number of hydrogen-bond donors (Lipinski definition) is 2. The standard InChI is InChI=1S/C26H28N4OS/c1-29-23-11-4-5-12-24(23)32-26(29)14-6-8-20-15-19-30(22-10-3-2-9-21(20)22)18-7-13-25(31)28-17-16-27/h2-6,8-12,14-15,19H,7,13,16-18,27H2,1H3/p+1. The first kappa shape index (κ1) is 22.1. The number of carbonyl (C=O) groups excluding carboxylic acids is 1. The van der Waals surface area contributed by atoms with Gasteiger partial charge in [0.25, 0.3) is 0 Å². The maximum Gasteiger partial charge on any atom is 0.220 e. The molecule has 4 rings (SSSR count). The Hall–Kier alpha value is -3.09. The van der Waals surface area contributed by atoms with E-state index in [1.807, 2.05) is 0 Å². The number of aryl methyl sites for hydroxylation is 1. The summed E-state index contributed by atoms with van der Waals surface area (Å²) < 4.78 is 2.22. The van der Waals surface area contributed by atoms with E-state index in [1.54, 1.807) is 11.8 Å². The third-order valence-electron chi connectivity index (χ3n) is 5.51. The molecule has 1 aromatic heterocycles. The lowest BCUT2D eigenvalue weighted by molar-refractivity contribution is -0.671. The summed E-state index contributed by atoms with van der Waals surface area (Å²) in [5.41, 5.74) is 9.04. The smallest absolute Gasteiger partial charge is 0.220 e. The molecule has 0 saturated carbocycles. The summed E-state index contributed by atoms with van der Waals surface area (Å²) in [5, 5.41) is 5.24. The van der Waals surface area contributed by atoms with Crippen molar-refractivity contribution in [1.29, 1.82) is 0 Å². The van der Waals surface area contributed by atoms with Crippen molar-refractivity contribution in [1.82, 2.24) is 5.32 Å². The minimum atomic E-state index is 0.0600. The summed E-state index contributed by atoms with van der Waals surface area (Å²) in [5.74, 6) is 0.0600. The molecule has 0 atom stereocenters. The van der Waals surface area contributed by atoms with Crippen molar-refractivity contribution in [3.05, 3.63) is 83.5 Å². The molecule has 0 spiro atoms. The molecular formula is C26H29N4OS+. The van der Waals surface area contributed by atoms with Crippen LogP contribution in [0.5, 0.6) is 0 Å². The van der Waals surface area contributed by atoms with Crippen LogP contribution in [-0.2, 0) is 11.3 Å². The molecule has 1 amide bonds. The fourth-order valence-electron chi connectivity index (χ4n) is 3.86. The van der Waals surface area contributed by atoms with Crippen LogP contribution in [-0.4, -0.2) is 26.0 Å². The molecule has 1 aliphatic heterocycles. The monoisotopic (exact) mass is 445 g/mol. The average Bonchev–Trinajstić information content (AvgIpc) is 3.14. The number of aromatic nitrogens is 1. The first-order chi connectivity index (χ1) is 15.7. The highest BCUT2D eigenvalue weighted by atomic mass is 32.2. The van der Waals surface area contributed by atoms with Gasteiger partial charge in [0.1, 0.15) is 6.54 Å². The molecule has 6 heteroatoms. The van der Waals surface area contributed by atoms with E-state index in [9.17, 15) is 4.79 Å². The number of rotatable bonds is 8. The van der Waals surface area contributed by atoms with E-state index in [-0.39, 0.29) is 5.91 Å². The number of hydrogen-bond acceptors (Lipinski definition) is 4. The summed E-state index contributed by atoms with van der Waals surface area (Å²) in [6, 6.07) is 19.0. The number of para-hydroxylation sites is 2. The number of nitrogens with zero attached hydrogens (tertiary/aromatic N) is 2. The molecular weight excluding hydrogens is 416 g/mol. The van der Waals surface area contributed by atoms with E-state index in [0.717, 1.165) is 13.0 Å². The number of pyridine rings is 1. The first-order valence-electron chi connectivity index (χ1n) is 10.9. The third-order valence-corrected chi connectivity index (χ3v) is 6.70. The molecule has 2 aromatic carbocycles. The summed E-state index contributed by atoms with van der Waals surface area (Å²) in [4.78, 5) is 15.4. The maximum atomic E-state index is 11.8. The van der Waals surface area contributed by atoms with Crippen molar-refractivity contribution in [3.8, 4) is 0 Å². The van der Waals surface area contributed by atoms with E-state index in [2.05, 4.69) is 101 Å². The van der Waals surface area contributed by atoms with E-state index in [0.29, 0.717) is 19.5 Å². The van der Waals surface area contributed by atoms with Crippen LogP contribution in [0.15, 0.2) is 82.9 Å². The van der Waals surface area contributed by atoms with Crippen LogP contribution in [0.4, 0.5) is 5.69 Å². The molecule has 3 N–H and O–H groups in total. The maximum absolute atomic E-state index is 11.8. The van der Waals surface area contributed by atoms with E-state index in [1.165, 1.54) is 32.1 Å². The predicted octanol–water partition coefficient (Wildman–Crippen LogP) is 4.08. The Bertz CT molecular complexity index is 1170. The number of benzene rings is 2. The van der Waals surface area contributed by atoms with Crippen LogP contribution >= 0.6 is 11.8 Å². The summed E-state index contributed by atoms with van der Waals surface area (Å²) in [6.07, 6.45) is 9.86. The molecule has 32 heavy (non-hydrogen) atoms. The Morgan fingerprint density at radius 1 is 1.16 bits per heavy atom.